The number of rotatable bonds is 4. The fourth-order valence-corrected chi connectivity index (χ4v) is 4.86. The zero-order chi connectivity index (χ0) is 19.8. The van der Waals surface area contributed by atoms with Crippen LogP contribution in [-0.2, 0) is 13.1 Å². The lowest BCUT2D eigenvalue weighted by Gasteiger charge is -2.36. The van der Waals surface area contributed by atoms with Gasteiger partial charge in [0.15, 0.2) is 0 Å². The number of nitrogens with zero attached hydrogens (tertiary/aromatic N) is 3. The van der Waals surface area contributed by atoms with Crippen LogP contribution in [0.15, 0.2) is 66.7 Å². The predicted octanol–water partition coefficient (Wildman–Crippen LogP) is 5.45. The van der Waals surface area contributed by atoms with Crippen LogP contribution in [0.25, 0.3) is 21.8 Å². The third-order valence-electron chi connectivity index (χ3n) is 6.39. The van der Waals surface area contributed by atoms with E-state index in [1.165, 1.54) is 38.6 Å². The maximum atomic E-state index is 2.59. The van der Waals surface area contributed by atoms with Gasteiger partial charge in [-0.05, 0) is 49.2 Å². The van der Waals surface area contributed by atoms with Crippen molar-refractivity contribution >= 4 is 27.5 Å². The molecule has 0 aliphatic carbocycles. The number of anilines is 1. The molecule has 1 aliphatic heterocycles. The second-order valence-corrected chi connectivity index (χ2v) is 8.16. The van der Waals surface area contributed by atoms with Crippen molar-refractivity contribution in [2.45, 2.75) is 26.9 Å². The fraction of sp³-hybridized carbons (Fsp3) is 0.308. The molecule has 0 saturated carbocycles. The molecule has 1 saturated heterocycles. The smallest absolute Gasteiger partial charge is 0.0491 e. The maximum Gasteiger partial charge on any atom is 0.0491 e. The standard InChI is InChI=1S/C26H29N3/c1-3-29-25-11-7-5-9-22(25)23-18-21(12-13-26(23)29)19-27-14-16-28(17-15-27)24-10-6-4-8-20(24)2/h4-13,18H,3,14-17,19H2,1-2H3. The van der Waals surface area contributed by atoms with Crippen LogP contribution in [0.2, 0.25) is 0 Å². The Labute approximate surface area is 173 Å². The summed E-state index contributed by atoms with van der Waals surface area (Å²) in [5.74, 6) is 0. The van der Waals surface area contributed by atoms with E-state index < -0.39 is 0 Å². The van der Waals surface area contributed by atoms with Crippen LogP contribution in [-0.4, -0.2) is 35.6 Å². The van der Waals surface area contributed by atoms with Crippen molar-refractivity contribution in [2.75, 3.05) is 31.1 Å². The summed E-state index contributed by atoms with van der Waals surface area (Å²) in [7, 11) is 0. The second kappa shape index (κ2) is 7.57. The number of aromatic nitrogens is 1. The van der Waals surface area contributed by atoms with E-state index in [4.69, 9.17) is 0 Å². The topological polar surface area (TPSA) is 11.4 Å². The molecular weight excluding hydrogens is 354 g/mol. The normalized spacial score (nSPS) is 15.4. The van der Waals surface area contributed by atoms with Crippen molar-refractivity contribution < 1.29 is 0 Å². The molecule has 2 heterocycles. The molecule has 0 spiro atoms. The van der Waals surface area contributed by atoms with Crippen molar-refractivity contribution in [3.05, 3.63) is 77.9 Å². The number of aryl methyl sites for hydroxylation is 2. The van der Waals surface area contributed by atoms with Crippen molar-refractivity contribution in [3.8, 4) is 0 Å². The molecule has 3 heteroatoms. The monoisotopic (exact) mass is 383 g/mol. The van der Waals surface area contributed by atoms with E-state index in [-0.39, 0.29) is 0 Å². The minimum absolute atomic E-state index is 1.00. The lowest BCUT2D eigenvalue weighted by atomic mass is 10.1. The van der Waals surface area contributed by atoms with Crippen LogP contribution in [0.4, 0.5) is 5.69 Å². The first-order chi connectivity index (χ1) is 14.2. The molecule has 0 N–H and O–H groups in total. The quantitative estimate of drug-likeness (QED) is 0.464. The van der Waals surface area contributed by atoms with Crippen LogP contribution < -0.4 is 4.90 Å². The highest BCUT2D eigenvalue weighted by Gasteiger charge is 2.19. The van der Waals surface area contributed by atoms with Crippen molar-refractivity contribution in [1.82, 2.24) is 9.47 Å². The van der Waals surface area contributed by atoms with Crippen LogP contribution in [0.3, 0.4) is 0 Å². The summed E-state index contributed by atoms with van der Waals surface area (Å²) in [4.78, 5) is 5.12. The Hall–Kier alpha value is -2.78. The van der Waals surface area contributed by atoms with Gasteiger partial charge in [-0.2, -0.15) is 0 Å². The SMILES string of the molecule is CCn1c2ccccc2c2cc(CN3CCN(c4ccccc4C)CC3)ccc21. The van der Waals surface area contributed by atoms with Crippen molar-refractivity contribution in [2.24, 2.45) is 0 Å². The number of hydrogen-bond acceptors (Lipinski definition) is 2. The van der Waals surface area contributed by atoms with E-state index in [0.717, 1.165) is 39.3 Å². The van der Waals surface area contributed by atoms with Gasteiger partial charge in [0.1, 0.15) is 0 Å². The zero-order valence-electron chi connectivity index (χ0n) is 17.4. The van der Waals surface area contributed by atoms with E-state index >= 15 is 0 Å². The lowest BCUT2D eigenvalue weighted by molar-refractivity contribution is 0.250. The van der Waals surface area contributed by atoms with E-state index in [0.29, 0.717) is 0 Å². The number of fused-ring (bicyclic) bond motifs is 3. The third-order valence-corrected chi connectivity index (χ3v) is 6.39. The highest BCUT2D eigenvalue weighted by Crippen LogP contribution is 2.30. The van der Waals surface area contributed by atoms with Crippen molar-refractivity contribution in [3.63, 3.8) is 0 Å². The number of hydrogen-bond donors (Lipinski definition) is 0. The van der Waals surface area contributed by atoms with Crippen LogP contribution in [0.1, 0.15) is 18.1 Å². The minimum Gasteiger partial charge on any atom is -0.369 e. The molecule has 29 heavy (non-hydrogen) atoms. The van der Waals surface area contributed by atoms with Gasteiger partial charge >= 0.3 is 0 Å². The summed E-state index contributed by atoms with van der Waals surface area (Å²) in [6.45, 7) is 10.9. The van der Waals surface area contributed by atoms with E-state index in [1.807, 2.05) is 0 Å². The van der Waals surface area contributed by atoms with Gasteiger partial charge in [-0.3, -0.25) is 4.90 Å². The summed E-state index contributed by atoms with van der Waals surface area (Å²) >= 11 is 0. The van der Waals surface area contributed by atoms with Crippen LogP contribution in [0.5, 0.6) is 0 Å². The van der Waals surface area contributed by atoms with E-state index in [9.17, 15) is 0 Å². The van der Waals surface area contributed by atoms with Gasteiger partial charge in [0.05, 0.1) is 0 Å². The third kappa shape index (κ3) is 3.30. The van der Waals surface area contributed by atoms with Crippen LogP contribution >= 0.6 is 0 Å². The first-order valence-corrected chi connectivity index (χ1v) is 10.8. The number of piperazine rings is 1. The van der Waals surface area contributed by atoms with Gasteiger partial charge < -0.3 is 9.47 Å². The first-order valence-electron chi connectivity index (χ1n) is 10.8. The van der Waals surface area contributed by atoms with Gasteiger partial charge in [-0.25, -0.2) is 0 Å². The summed E-state index contributed by atoms with van der Waals surface area (Å²) in [6, 6.07) is 24.6. The molecule has 5 rings (SSSR count). The summed E-state index contributed by atoms with van der Waals surface area (Å²) in [6.07, 6.45) is 0. The molecule has 3 aromatic carbocycles. The summed E-state index contributed by atoms with van der Waals surface area (Å²) in [5.41, 5.74) is 6.87. The predicted molar refractivity (Wildman–Crippen MR) is 124 cm³/mol. The summed E-state index contributed by atoms with van der Waals surface area (Å²) in [5, 5.41) is 2.76. The minimum atomic E-state index is 1.00. The Kier molecular flexibility index (Phi) is 4.76. The van der Waals surface area contributed by atoms with Gasteiger partial charge in [0.25, 0.3) is 0 Å². The lowest BCUT2D eigenvalue weighted by Crippen LogP contribution is -2.46. The van der Waals surface area contributed by atoms with Gasteiger partial charge in [-0.1, -0.05) is 42.5 Å². The highest BCUT2D eigenvalue weighted by molar-refractivity contribution is 6.08. The van der Waals surface area contributed by atoms with Crippen LogP contribution in [0, 0.1) is 6.92 Å². The molecule has 148 valence electrons. The Balaban J connectivity index is 1.35. The zero-order valence-corrected chi connectivity index (χ0v) is 17.4. The van der Waals surface area contributed by atoms with Crippen molar-refractivity contribution in [1.29, 1.82) is 0 Å². The van der Waals surface area contributed by atoms with E-state index in [1.54, 1.807) is 0 Å². The Morgan fingerprint density at radius 2 is 1.48 bits per heavy atom. The second-order valence-electron chi connectivity index (χ2n) is 8.16. The molecule has 0 unspecified atom stereocenters. The number of para-hydroxylation sites is 2. The molecule has 1 aliphatic rings. The fourth-order valence-electron chi connectivity index (χ4n) is 4.86. The molecule has 0 bridgehead atoms. The Morgan fingerprint density at radius 3 is 2.28 bits per heavy atom. The maximum absolute atomic E-state index is 2.59. The molecule has 0 radical (unpaired) electrons. The Morgan fingerprint density at radius 1 is 0.759 bits per heavy atom. The Bertz CT molecular complexity index is 1150. The van der Waals surface area contributed by atoms with Gasteiger partial charge in [-0.15, -0.1) is 0 Å². The largest absolute Gasteiger partial charge is 0.369 e. The van der Waals surface area contributed by atoms with E-state index in [2.05, 4.69) is 94.9 Å². The first kappa shape index (κ1) is 18.3. The highest BCUT2D eigenvalue weighted by atomic mass is 15.3. The molecule has 0 atom stereocenters. The average molecular weight is 384 g/mol. The molecule has 3 nitrogen and oxygen atoms in total. The van der Waals surface area contributed by atoms with Gasteiger partial charge in [0, 0.05) is 66.8 Å². The summed E-state index contributed by atoms with van der Waals surface area (Å²) < 4.78 is 2.43. The molecule has 1 fully saturated rings. The average Bonchev–Trinajstić information content (AvgIpc) is 3.08. The molecule has 1 aromatic heterocycles. The number of benzene rings is 3. The molecular formula is C26H29N3. The molecule has 4 aromatic rings. The molecule has 0 amide bonds. The van der Waals surface area contributed by atoms with Gasteiger partial charge in [0.2, 0.25) is 0 Å².